The quantitative estimate of drug-likeness (QED) is 0.584. The Labute approximate surface area is 174 Å². The molecular weight excluding hydrogens is 384 g/mol. The van der Waals surface area contributed by atoms with Crippen molar-refractivity contribution in [1.29, 1.82) is 0 Å². The summed E-state index contributed by atoms with van der Waals surface area (Å²) in [6.45, 7) is 3.23. The lowest BCUT2D eigenvalue weighted by Gasteiger charge is -2.34. The number of sulfonamides is 1. The summed E-state index contributed by atoms with van der Waals surface area (Å²) < 4.78 is 31.5. The van der Waals surface area contributed by atoms with E-state index in [4.69, 9.17) is 4.74 Å². The lowest BCUT2D eigenvalue weighted by Crippen LogP contribution is -2.30. The number of hydrogen-bond acceptors (Lipinski definition) is 4. The predicted octanol–water partition coefficient (Wildman–Crippen LogP) is 3.11. The van der Waals surface area contributed by atoms with Crippen LogP contribution in [0.1, 0.15) is 36.0 Å². The molecule has 0 fully saturated rings. The molecule has 0 aliphatic heterocycles. The van der Waals surface area contributed by atoms with Crippen molar-refractivity contribution in [2.75, 3.05) is 32.5 Å². The van der Waals surface area contributed by atoms with Gasteiger partial charge >= 0.3 is 0 Å². The average Bonchev–Trinajstić information content (AvgIpc) is 2.74. The minimum Gasteiger partial charge on any atom is -0.492 e. The van der Waals surface area contributed by atoms with Crippen molar-refractivity contribution in [3.8, 4) is 5.75 Å². The van der Waals surface area contributed by atoms with Gasteiger partial charge in [0.2, 0.25) is 10.0 Å². The second-order valence-corrected chi connectivity index (χ2v) is 9.76. The lowest BCUT2D eigenvalue weighted by atomic mass is 9.72. The van der Waals surface area contributed by atoms with Gasteiger partial charge in [0.05, 0.1) is 5.75 Å². The lowest BCUT2D eigenvalue weighted by molar-refractivity contribution is 0.318. The van der Waals surface area contributed by atoms with Gasteiger partial charge in [0, 0.05) is 6.54 Å². The standard InChI is InChI=1S/C23H32N2O3S/c1-3-29(26,27)25-13-14-28-21-12-11-19-9-10-20(17-24-2)22(23(19)16-21)15-18-7-5-4-6-8-18/h4-8,11-12,16,20,22,24-25H,3,9-10,13-15,17H2,1-2H3/t20-,22+/m0/s1. The molecule has 0 radical (unpaired) electrons. The predicted molar refractivity (Wildman–Crippen MR) is 118 cm³/mol. The summed E-state index contributed by atoms with van der Waals surface area (Å²) in [4.78, 5) is 0. The number of nitrogens with one attached hydrogen (secondary N) is 2. The van der Waals surface area contributed by atoms with Gasteiger partial charge in [-0.3, -0.25) is 0 Å². The van der Waals surface area contributed by atoms with Crippen LogP contribution in [-0.2, 0) is 22.9 Å². The molecule has 0 unspecified atom stereocenters. The molecule has 5 nitrogen and oxygen atoms in total. The third-order valence-corrected chi connectivity index (χ3v) is 7.11. The molecular formula is C23H32N2O3S. The van der Waals surface area contributed by atoms with Crippen molar-refractivity contribution in [2.24, 2.45) is 5.92 Å². The van der Waals surface area contributed by atoms with Crippen LogP contribution in [0.15, 0.2) is 48.5 Å². The van der Waals surface area contributed by atoms with Crippen molar-refractivity contribution in [2.45, 2.75) is 32.1 Å². The summed E-state index contributed by atoms with van der Waals surface area (Å²) in [5.41, 5.74) is 4.12. The number of rotatable bonds is 10. The average molecular weight is 417 g/mol. The SMILES string of the molecule is CCS(=O)(=O)NCCOc1ccc2c(c1)[C@H](Cc1ccccc1)[C@H](CNC)CC2. The van der Waals surface area contributed by atoms with Crippen LogP contribution in [-0.4, -0.2) is 40.9 Å². The Bertz CT molecular complexity index is 884. The Morgan fingerprint density at radius 2 is 1.93 bits per heavy atom. The molecule has 158 valence electrons. The van der Waals surface area contributed by atoms with Crippen LogP contribution in [0.2, 0.25) is 0 Å². The largest absolute Gasteiger partial charge is 0.492 e. The third kappa shape index (κ3) is 6.04. The van der Waals surface area contributed by atoms with Crippen LogP contribution < -0.4 is 14.8 Å². The molecule has 2 atom stereocenters. The first-order valence-electron chi connectivity index (χ1n) is 10.4. The van der Waals surface area contributed by atoms with E-state index in [2.05, 4.69) is 52.5 Å². The highest BCUT2D eigenvalue weighted by molar-refractivity contribution is 7.89. The van der Waals surface area contributed by atoms with Crippen LogP contribution in [0.4, 0.5) is 0 Å². The number of fused-ring (bicyclic) bond motifs is 1. The highest BCUT2D eigenvalue weighted by Crippen LogP contribution is 2.40. The summed E-state index contributed by atoms with van der Waals surface area (Å²) in [6, 6.07) is 17.0. The summed E-state index contributed by atoms with van der Waals surface area (Å²) in [5.74, 6) is 1.91. The minimum atomic E-state index is -3.18. The fourth-order valence-corrected chi connectivity index (χ4v) is 4.75. The van der Waals surface area contributed by atoms with Gasteiger partial charge in [-0.25, -0.2) is 13.1 Å². The molecule has 2 N–H and O–H groups in total. The van der Waals surface area contributed by atoms with E-state index >= 15 is 0 Å². The molecule has 0 saturated carbocycles. The van der Waals surface area contributed by atoms with Crippen molar-refractivity contribution in [1.82, 2.24) is 10.0 Å². The number of aryl methyl sites for hydroxylation is 1. The number of ether oxygens (including phenoxy) is 1. The van der Waals surface area contributed by atoms with Crippen LogP contribution in [0.3, 0.4) is 0 Å². The maximum atomic E-state index is 11.5. The molecule has 0 heterocycles. The van der Waals surface area contributed by atoms with Gasteiger partial charge in [0.25, 0.3) is 0 Å². The van der Waals surface area contributed by atoms with Crippen molar-refractivity contribution < 1.29 is 13.2 Å². The van der Waals surface area contributed by atoms with Gasteiger partial charge in [-0.1, -0.05) is 36.4 Å². The third-order valence-electron chi connectivity index (χ3n) is 5.71. The van der Waals surface area contributed by atoms with E-state index < -0.39 is 10.0 Å². The summed E-state index contributed by atoms with van der Waals surface area (Å²) in [7, 11) is -1.16. The molecule has 3 rings (SSSR count). The fourth-order valence-electron chi connectivity index (χ4n) is 4.15. The van der Waals surface area contributed by atoms with Crippen LogP contribution in [0.25, 0.3) is 0 Å². The van der Waals surface area contributed by atoms with Gasteiger partial charge in [0.15, 0.2) is 0 Å². The molecule has 1 aliphatic carbocycles. The molecule has 1 aliphatic rings. The van der Waals surface area contributed by atoms with E-state index in [1.165, 1.54) is 23.1 Å². The van der Waals surface area contributed by atoms with E-state index in [-0.39, 0.29) is 12.3 Å². The maximum Gasteiger partial charge on any atom is 0.211 e. The van der Waals surface area contributed by atoms with Crippen molar-refractivity contribution in [3.05, 3.63) is 65.2 Å². The van der Waals surface area contributed by atoms with Gasteiger partial charge in [-0.15, -0.1) is 0 Å². The second-order valence-electron chi connectivity index (χ2n) is 7.66. The Morgan fingerprint density at radius 1 is 1.14 bits per heavy atom. The first-order valence-corrected chi connectivity index (χ1v) is 12.1. The van der Waals surface area contributed by atoms with Crippen molar-refractivity contribution in [3.63, 3.8) is 0 Å². The monoisotopic (exact) mass is 416 g/mol. The maximum absolute atomic E-state index is 11.5. The Morgan fingerprint density at radius 3 is 2.66 bits per heavy atom. The number of benzene rings is 2. The molecule has 2 aromatic carbocycles. The van der Waals surface area contributed by atoms with Gasteiger partial charge in [-0.2, -0.15) is 0 Å². The summed E-state index contributed by atoms with van der Waals surface area (Å²) in [5, 5.41) is 3.36. The van der Waals surface area contributed by atoms with Gasteiger partial charge < -0.3 is 10.1 Å². The Balaban J connectivity index is 1.74. The molecule has 0 spiro atoms. The van der Waals surface area contributed by atoms with E-state index in [1.54, 1.807) is 6.92 Å². The Hall–Kier alpha value is -1.89. The normalized spacial score (nSPS) is 19.0. The highest BCUT2D eigenvalue weighted by atomic mass is 32.2. The zero-order valence-corrected chi connectivity index (χ0v) is 18.2. The van der Waals surface area contributed by atoms with E-state index in [9.17, 15) is 8.42 Å². The summed E-state index contributed by atoms with van der Waals surface area (Å²) in [6.07, 6.45) is 3.29. The Kier molecular flexibility index (Phi) is 7.70. The second kappa shape index (κ2) is 10.2. The van der Waals surface area contributed by atoms with Crippen LogP contribution in [0.5, 0.6) is 5.75 Å². The van der Waals surface area contributed by atoms with E-state index in [0.717, 1.165) is 25.1 Å². The topological polar surface area (TPSA) is 67.4 Å². The van der Waals surface area contributed by atoms with Crippen LogP contribution in [0, 0.1) is 5.92 Å². The molecule has 0 aromatic heterocycles. The fraction of sp³-hybridized carbons (Fsp3) is 0.478. The molecule has 29 heavy (non-hydrogen) atoms. The zero-order valence-electron chi connectivity index (χ0n) is 17.4. The molecule has 2 aromatic rings. The highest BCUT2D eigenvalue weighted by Gasteiger charge is 2.29. The van der Waals surface area contributed by atoms with Gasteiger partial charge in [-0.05, 0) is 80.4 Å². The van der Waals surface area contributed by atoms with Gasteiger partial charge in [0.1, 0.15) is 12.4 Å². The molecule has 0 saturated heterocycles. The van der Waals surface area contributed by atoms with Crippen LogP contribution >= 0.6 is 0 Å². The van der Waals surface area contributed by atoms with Crippen molar-refractivity contribution >= 4 is 10.0 Å². The molecule has 0 bridgehead atoms. The minimum absolute atomic E-state index is 0.0832. The van der Waals surface area contributed by atoms with E-state index in [1.807, 2.05) is 13.1 Å². The summed E-state index contributed by atoms with van der Waals surface area (Å²) >= 11 is 0. The van der Waals surface area contributed by atoms with E-state index in [0.29, 0.717) is 18.4 Å². The number of hydrogen-bond donors (Lipinski definition) is 2. The zero-order chi connectivity index (χ0) is 20.7. The first-order chi connectivity index (χ1) is 14.0. The molecule has 6 heteroatoms. The first kappa shape index (κ1) is 21.8. The smallest absolute Gasteiger partial charge is 0.211 e. The molecule has 0 amide bonds.